The number of nitrogens with two attached hydrogens (primary N) is 1. The molecule has 110 valence electrons. The zero-order chi connectivity index (χ0) is 13.9. The van der Waals surface area contributed by atoms with Crippen molar-refractivity contribution < 1.29 is 0 Å². The molecule has 2 nitrogen and oxygen atoms in total. The number of hydrogen-bond acceptors (Lipinski definition) is 2. The van der Waals surface area contributed by atoms with Gasteiger partial charge in [-0.1, -0.05) is 30.3 Å². The molecule has 3 unspecified atom stereocenters. The van der Waals surface area contributed by atoms with Gasteiger partial charge in [-0.3, -0.25) is 0 Å². The molecule has 0 aromatic heterocycles. The average molecular weight is 272 g/mol. The maximum Gasteiger partial charge on any atom is 0.0138 e. The maximum absolute atomic E-state index is 6.04. The van der Waals surface area contributed by atoms with E-state index in [1.165, 1.54) is 44.2 Å². The van der Waals surface area contributed by atoms with Crippen LogP contribution in [0, 0.1) is 11.8 Å². The van der Waals surface area contributed by atoms with Gasteiger partial charge in [0, 0.05) is 12.6 Å². The molecule has 0 bridgehead atoms. The molecule has 2 fully saturated rings. The second-order valence-electron chi connectivity index (χ2n) is 6.87. The molecule has 1 aromatic rings. The van der Waals surface area contributed by atoms with Crippen LogP contribution in [0.15, 0.2) is 30.3 Å². The lowest BCUT2D eigenvalue weighted by atomic mass is 9.75. The van der Waals surface area contributed by atoms with E-state index in [-0.39, 0.29) is 0 Å². The fraction of sp³-hybridized carbons (Fsp3) is 0.667. The first-order valence-electron chi connectivity index (χ1n) is 8.23. The van der Waals surface area contributed by atoms with Gasteiger partial charge in [-0.15, -0.1) is 0 Å². The quantitative estimate of drug-likeness (QED) is 0.891. The summed E-state index contributed by atoms with van der Waals surface area (Å²) in [7, 11) is 2.32. The summed E-state index contributed by atoms with van der Waals surface area (Å²) in [6.45, 7) is 2.13. The van der Waals surface area contributed by atoms with Crippen LogP contribution in [0.4, 0.5) is 0 Å². The maximum atomic E-state index is 6.04. The zero-order valence-electron chi connectivity index (χ0n) is 12.7. The Bertz CT molecular complexity index is 413. The van der Waals surface area contributed by atoms with E-state index >= 15 is 0 Å². The molecule has 0 radical (unpaired) electrons. The van der Waals surface area contributed by atoms with Crippen LogP contribution in [0.3, 0.4) is 0 Å². The molecule has 0 spiro atoms. The SMILES string of the molecule is CN(CC1CC1)C1CC(c2ccccc2)CCC1CN. The molecule has 3 atom stereocenters. The molecule has 0 aliphatic heterocycles. The van der Waals surface area contributed by atoms with E-state index in [0.717, 1.165) is 18.4 Å². The van der Waals surface area contributed by atoms with Crippen LogP contribution in [0.25, 0.3) is 0 Å². The first kappa shape index (κ1) is 14.1. The van der Waals surface area contributed by atoms with E-state index in [1.807, 2.05) is 0 Å². The molecular weight excluding hydrogens is 244 g/mol. The molecule has 2 heteroatoms. The van der Waals surface area contributed by atoms with Gasteiger partial charge in [0.15, 0.2) is 0 Å². The summed E-state index contributed by atoms with van der Waals surface area (Å²) in [6.07, 6.45) is 6.75. The summed E-state index contributed by atoms with van der Waals surface area (Å²) in [4.78, 5) is 2.62. The lowest BCUT2D eigenvalue weighted by Crippen LogP contribution is -2.45. The Morgan fingerprint density at radius 3 is 2.50 bits per heavy atom. The lowest BCUT2D eigenvalue weighted by Gasteiger charge is -2.41. The number of rotatable bonds is 5. The molecule has 0 saturated heterocycles. The van der Waals surface area contributed by atoms with Crippen molar-refractivity contribution in [1.29, 1.82) is 0 Å². The molecule has 20 heavy (non-hydrogen) atoms. The van der Waals surface area contributed by atoms with Crippen molar-refractivity contribution in [3.05, 3.63) is 35.9 Å². The van der Waals surface area contributed by atoms with Gasteiger partial charge in [0.05, 0.1) is 0 Å². The summed E-state index contributed by atoms with van der Waals surface area (Å²) in [5, 5.41) is 0. The van der Waals surface area contributed by atoms with E-state index in [0.29, 0.717) is 12.0 Å². The van der Waals surface area contributed by atoms with Gasteiger partial charge in [-0.25, -0.2) is 0 Å². The van der Waals surface area contributed by atoms with Crippen molar-refractivity contribution in [3.8, 4) is 0 Å². The third kappa shape index (κ3) is 3.24. The number of benzene rings is 1. The minimum absolute atomic E-state index is 0.680. The Balaban J connectivity index is 1.68. The normalized spacial score (nSPS) is 30.6. The van der Waals surface area contributed by atoms with Crippen molar-refractivity contribution in [1.82, 2.24) is 4.90 Å². The first-order valence-corrected chi connectivity index (χ1v) is 8.23. The van der Waals surface area contributed by atoms with Crippen molar-refractivity contribution in [2.75, 3.05) is 20.1 Å². The van der Waals surface area contributed by atoms with E-state index in [4.69, 9.17) is 5.73 Å². The van der Waals surface area contributed by atoms with Crippen LogP contribution in [-0.4, -0.2) is 31.1 Å². The van der Waals surface area contributed by atoms with Crippen molar-refractivity contribution >= 4 is 0 Å². The van der Waals surface area contributed by atoms with Crippen molar-refractivity contribution in [3.63, 3.8) is 0 Å². The predicted molar refractivity (Wildman–Crippen MR) is 84.7 cm³/mol. The monoisotopic (exact) mass is 272 g/mol. The van der Waals surface area contributed by atoms with Crippen LogP contribution in [0.1, 0.15) is 43.6 Å². The second-order valence-corrected chi connectivity index (χ2v) is 6.87. The Kier molecular flexibility index (Phi) is 4.42. The van der Waals surface area contributed by atoms with Gasteiger partial charge >= 0.3 is 0 Å². The Morgan fingerprint density at radius 2 is 1.85 bits per heavy atom. The van der Waals surface area contributed by atoms with E-state index < -0.39 is 0 Å². The van der Waals surface area contributed by atoms with Crippen LogP contribution in [-0.2, 0) is 0 Å². The van der Waals surface area contributed by atoms with Gasteiger partial charge in [0.1, 0.15) is 0 Å². The standard InChI is InChI=1S/C18H28N2/c1-20(13-14-7-8-14)18-11-16(9-10-17(18)12-19)15-5-3-2-4-6-15/h2-6,14,16-18H,7-13,19H2,1H3. The molecule has 0 heterocycles. The highest BCUT2D eigenvalue weighted by molar-refractivity contribution is 5.20. The van der Waals surface area contributed by atoms with E-state index in [1.54, 1.807) is 0 Å². The highest BCUT2D eigenvalue weighted by atomic mass is 15.1. The molecule has 0 amide bonds. The summed E-state index contributed by atoms with van der Waals surface area (Å²) in [5.41, 5.74) is 7.56. The fourth-order valence-corrected chi connectivity index (χ4v) is 3.90. The van der Waals surface area contributed by atoms with Gasteiger partial charge in [-0.2, -0.15) is 0 Å². The van der Waals surface area contributed by atoms with E-state index in [2.05, 4.69) is 42.3 Å². The largest absolute Gasteiger partial charge is 0.330 e. The summed E-state index contributed by atoms with van der Waals surface area (Å²) < 4.78 is 0. The topological polar surface area (TPSA) is 29.3 Å². The summed E-state index contributed by atoms with van der Waals surface area (Å²) in [6, 6.07) is 11.7. The van der Waals surface area contributed by atoms with Gasteiger partial charge < -0.3 is 10.6 Å². The molecular formula is C18H28N2. The summed E-state index contributed by atoms with van der Waals surface area (Å²) >= 11 is 0. The third-order valence-electron chi connectivity index (χ3n) is 5.34. The highest BCUT2D eigenvalue weighted by Crippen LogP contribution is 2.39. The van der Waals surface area contributed by atoms with Crippen molar-refractivity contribution in [2.45, 2.75) is 44.1 Å². The minimum atomic E-state index is 0.680. The molecule has 3 rings (SSSR count). The van der Waals surface area contributed by atoms with Gasteiger partial charge in [0.25, 0.3) is 0 Å². The minimum Gasteiger partial charge on any atom is -0.330 e. The first-order chi connectivity index (χ1) is 9.78. The van der Waals surface area contributed by atoms with Crippen LogP contribution >= 0.6 is 0 Å². The summed E-state index contributed by atoms with van der Waals surface area (Å²) in [5.74, 6) is 2.39. The molecule has 2 aliphatic carbocycles. The number of nitrogens with zero attached hydrogens (tertiary/aromatic N) is 1. The Hall–Kier alpha value is -0.860. The highest BCUT2D eigenvalue weighted by Gasteiger charge is 2.34. The van der Waals surface area contributed by atoms with Crippen LogP contribution in [0.2, 0.25) is 0 Å². The van der Waals surface area contributed by atoms with Crippen molar-refractivity contribution in [2.24, 2.45) is 17.6 Å². The zero-order valence-corrected chi connectivity index (χ0v) is 12.7. The predicted octanol–water partition coefficient (Wildman–Crippen LogP) is 3.24. The second kappa shape index (κ2) is 6.28. The average Bonchev–Trinajstić information content (AvgIpc) is 3.31. The molecule has 2 aliphatic rings. The smallest absolute Gasteiger partial charge is 0.0138 e. The van der Waals surface area contributed by atoms with Crippen LogP contribution < -0.4 is 5.73 Å². The molecule has 2 N–H and O–H groups in total. The van der Waals surface area contributed by atoms with Crippen LogP contribution in [0.5, 0.6) is 0 Å². The number of hydrogen-bond donors (Lipinski definition) is 1. The molecule has 2 saturated carbocycles. The lowest BCUT2D eigenvalue weighted by molar-refractivity contribution is 0.118. The fourth-order valence-electron chi connectivity index (χ4n) is 3.90. The Morgan fingerprint density at radius 1 is 1.10 bits per heavy atom. The van der Waals surface area contributed by atoms with Gasteiger partial charge in [-0.05, 0) is 69.0 Å². The third-order valence-corrected chi connectivity index (χ3v) is 5.34. The van der Waals surface area contributed by atoms with E-state index in [9.17, 15) is 0 Å². The Labute approximate surface area is 123 Å². The van der Waals surface area contributed by atoms with Gasteiger partial charge in [0.2, 0.25) is 0 Å². The molecule has 1 aromatic carbocycles.